The van der Waals surface area contributed by atoms with Crippen LogP contribution in [-0.4, -0.2) is 26.4 Å². The maximum atomic E-state index is 12.6. The van der Waals surface area contributed by atoms with E-state index in [1.807, 2.05) is 0 Å². The molecule has 0 fully saturated rings. The van der Waals surface area contributed by atoms with Gasteiger partial charge in [0.1, 0.15) is 17.2 Å². The van der Waals surface area contributed by atoms with Crippen LogP contribution in [0.4, 0.5) is 0 Å². The van der Waals surface area contributed by atoms with E-state index in [0.717, 1.165) is 6.07 Å². The third-order valence-corrected chi connectivity index (χ3v) is 4.92. The lowest BCUT2D eigenvalue weighted by atomic mass is 9.76. The van der Waals surface area contributed by atoms with Gasteiger partial charge in [-0.25, -0.2) is 4.79 Å². The van der Waals surface area contributed by atoms with E-state index in [9.17, 15) is 25.2 Å². The molecule has 7 heteroatoms. The molecule has 1 spiro atoms. The number of carbonyl (C=O) groups excluding carboxylic acids is 1. The van der Waals surface area contributed by atoms with Crippen LogP contribution in [0.3, 0.4) is 0 Å². The van der Waals surface area contributed by atoms with Crippen molar-refractivity contribution in [1.82, 2.24) is 0 Å². The van der Waals surface area contributed by atoms with Gasteiger partial charge in [-0.2, -0.15) is 0 Å². The van der Waals surface area contributed by atoms with Crippen LogP contribution < -0.4 is 4.74 Å². The lowest BCUT2D eigenvalue weighted by Gasteiger charge is -2.37. The van der Waals surface area contributed by atoms with Crippen LogP contribution in [-0.2, 0) is 10.3 Å². The molecule has 2 heterocycles. The topological polar surface area (TPSA) is 116 Å². The number of aromatic hydroxyl groups is 4. The largest absolute Gasteiger partial charge is 0.507 e. The Morgan fingerprint density at radius 3 is 2.37 bits per heavy atom. The number of fused-ring (bicyclic) bond motifs is 6. The summed E-state index contributed by atoms with van der Waals surface area (Å²) in [4.78, 5) is 12.6. The third-order valence-electron chi connectivity index (χ3n) is 4.92. The van der Waals surface area contributed by atoms with E-state index in [0.29, 0.717) is 11.3 Å². The minimum absolute atomic E-state index is 0.00889. The standard InChI is InChI=1S/C20H12O7/c21-11-6-3-4-9-15(11)20(27-19(9)25)10-5-1-2-7-13(10)26-14-8-12(22)17(23)18(24)16(14)20/h1-8,21-24H. The normalized spacial score (nSPS) is 19.0. The number of rotatable bonds is 0. The number of hydrogen-bond donors (Lipinski definition) is 4. The highest BCUT2D eigenvalue weighted by molar-refractivity contribution is 5.98. The molecule has 0 saturated heterocycles. The zero-order valence-electron chi connectivity index (χ0n) is 13.6. The molecule has 134 valence electrons. The zero-order valence-corrected chi connectivity index (χ0v) is 13.6. The Morgan fingerprint density at radius 2 is 1.56 bits per heavy atom. The van der Waals surface area contributed by atoms with Gasteiger partial charge in [-0.3, -0.25) is 0 Å². The van der Waals surface area contributed by atoms with Crippen LogP contribution >= 0.6 is 0 Å². The van der Waals surface area contributed by atoms with Crippen LogP contribution in [0.25, 0.3) is 0 Å². The number of phenols is 4. The fraction of sp³-hybridized carbons (Fsp3) is 0.0500. The van der Waals surface area contributed by atoms with E-state index >= 15 is 0 Å². The first kappa shape index (κ1) is 15.4. The molecule has 3 aromatic carbocycles. The van der Waals surface area contributed by atoms with Crippen molar-refractivity contribution >= 4 is 5.97 Å². The predicted octanol–water partition coefficient (Wildman–Crippen LogP) is 3.08. The molecule has 27 heavy (non-hydrogen) atoms. The number of hydrogen-bond acceptors (Lipinski definition) is 7. The van der Waals surface area contributed by atoms with Gasteiger partial charge >= 0.3 is 5.97 Å². The minimum Gasteiger partial charge on any atom is -0.507 e. The van der Waals surface area contributed by atoms with Gasteiger partial charge in [-0.1, -0.05) is 24.3 Å². The van der Waals surface area contributed by atoms with Crippen molar-refractivity contribution in [3.63, 3.8) is 0 Å². The van der Waals surface area contributed by atoms with Crippen LogP contribution in [0, 0.1) is 0 Å². The first-order valence-corrected chi connectivity index (χ1v) is 8.06. The van der Waals surface area contributed by atoms with Crippen molar-refractivity contribution in [3.8, 4) is 34.5 Å². The van der Waals surface area contributed by atoms with E-state index in [4.69, 9.17) is 9.47 Å². The zero-order chi connectivity index (χ0) is 18.9. The number of ether oxygens (including phenoxy) is 2. The maximum absolute atomic E-state index is 12.6. The third kappa shape index (κ3) is 1.72. The second-order valence-corrected chi connectivity index (χ2v) is 6.33. The Balaban J connectivity index is 1.99. The van der Waals surface area contributed by atoms with E-state index in [2.05, 4.69) is 0 Å². The summed E-state index contributed by atoms with van der Waals surface area (Å²) in [5, 5.41) is 41.1. The molecule has 0 aliphatic carbocycles. The summed E-state index contributed by atoms with van der Waals surface area (Å²) in [6, 6.07) is 12.2. The van der Waals surface area contributed by atoms with Gasteiger partial charge in [0, 0.05) is 11.6 Å². The molecule has 0 saturated carbocycles. The average molecular weight is 364 g/mol. The lowest BCUT2D eigenvalue weighted by Crippen LogP contribution is -2.33. The lowest BCUT2D eigenvalue weighted by molar-refractivity contribution is 0.0212. The molecule has 2 aliphatic rings. The molecule has 2 aliphatic heterocycles. The number of esters is 1. The Labute approximate surface area is 152 Å². The molecule has 3 aromatic rings. The smallest absolute Gasteiger partial charge is 0.340 e. The summed E-state index contributed by atoms with van der Waals surface area (Å²) in [5.74, 6) is -2.69. The van der Waals surface area contributed by atoms with Gasteiger partial charge in [0.05, 0.1) is 16.7 Å². The Morgan fingerprint density at radius 1 is 0.778 bits per heavy atom. The van der Waals surface area contributed by atoms with Crippen molar-refractivity contribution in [1.29, 1.82) is 0 Å². The summed E-state index contributed by atoms with van der Waals surface area (Å²) in [5.41, 5.74) is -1.19. The first-order valence-electron chi connectivity index (χ1n) is 8.06. The summed E-state index contributed by atoms with van der Waals surface area (Å²) in [7, 11) is 0. The summed E-state index contributed by atoms with van der Waals surface area (Å²) < 4.78 is 11.5. The quantitative estimate of drug-likeness (QED) is 0.358. The van der Waals surface area contributed by atoms with Gasteiger partial charge in [-0.05, 0) is 18.2 Å². The molecule has 5 rings (SSSR count). The van der Waals surface area contributed by atoms with Crippen molar-refractivity contribution in [3.05, 3.63) is 70.8 Å². The average Bonchev–Trinajstić information content (AvgIpc) is 2.94. The minimum atomic E-state index is -1.74. The number of carbonyl (C=O) groups is 1. The van der Waals surface area contributed by atoms with Crippen LogP contribution in [0.15, 0.2) is 48.5 Å². The molecule has 0 amide bonds. The second kappa shape index (κ2) is 4.85. The highest BCUT2D eigenvalue weighted by Crippen LogP contribution is 2.62. The second-order valence-electron chi connectivity index (χ2n) is 6.33. The molecule has 7 nitrogen and oxygen atoms in total. The summed E-state index contributed by atoms with van der Waals surface area (Å²) in [6.45, 7) is 0. The number of para-hydroxylation sites is 1. The molecule has 0 radical (unpaired) electrons. The molecular formula is C20H12O7. The Bertz CT molecular complexity index is 1150. The van der Waals surface area contributed by atoms with Crippen molar-refractivity contribution in [2.45, 2.75) is 5.60 Å². The maximum Gasteiger partial charge on any atom is 0.340 e. The highest BCUT2D eigenvalue weighted by atomic mass is 16.6. The Kier molecular flexibility index (Phi) is 2.77. The molecule has 1 unspecified atom stereocenters. The van der Waals surface area contributed by atoms with Crippen molar-refractivity contribution in [2.75, 3.05) is 0 Å². The van der Waals surface area contributed by atoms with Crippen LogP contribution in [0.5, 0.6) is 34.5 Å². The molecule has 0 aromatic heterocycles. The summed E-state index contributed by atoms with van der Waals surface area (Å²) in [6.07, 6.45) is 0. The number of benzene rings is 3. The van der Waals surface area contributed by atoms with Gasteiger partial charge in [0.25, 0.3) is 0 Å². The molecular weight excluding hydrogens is 352 g/mol. The monoisotopic (exact) mass is 364 g/mol. The van der Waals surface area contributed by atoms with Gasteiger partial charge in [-0.15, -0.1) is 0 Å². The fourth-order valence-corrected chi connectivity index (χ4v) is 3.83. The highest BCUT2D eigenvalue weighted by Gasteiger charge is 2.57. The van der Waals surface area contributed by atoms with Crippen LogP contribution in [0.1, 0.15) is 27.0 Å². The Hall–Kier alpha value is -3.87. The van der Waals surface area contributed by atoms with E-state index in [1.54, 1.807) is 24.3 Å². The van der Waals surface area contributed by atoms with Gasteiger partial charge < -0.3 is 29.9 Å². The van der Waals surface area contributed by atoms with E-state index in [-0.39, 0.29) is 28.2 Å². The fourth-order valence-electron chi connectivity index (χ4n) is 3.83. The van der Waals surface area contributed by atoms with E-state index in [1.165, 1.54) is 18.2 Å². The molecule has 0 bridgehead atoms. The number of phenolic OH excluding ortho intramolecular Hbond substituents is 4. The van der Waals surface area contributed by atoms with Gasteiger partial charge in [0.2, 0.25) is 11.4 Å². The summed E-state index contributed by atoms with van der Waals surface area (Å²) >= 11 is 0. The predicted molar refractivity (Wildman–Crippen MR) is 91.4 cm³/mol. The van der Waals surface area contributed by atoms with Gasteiger partial charge in [0.15, 0.2) is 11.5 Å². The SMILES string of the molecule is O=C1OC2(c3ccccc3Oc3cc(O)c(O)c(O)c32)c2c(O)cccc21. The van der Waals surface area contributed by atoms with E-state index < -0.39 is 28.8 Å². The van der Waals surface area contributed by atoms with Crippen molar-refractivity contribution in [2.24, 2.45) is 0 Å². The molecule has 1 atom stereocenters. The first-order chi connectivity index (χ1) is 12.9. The van der Waals surface area contributed by atoms with Crippen LogP contribution in [0.2, 0.25) is 0 Å². The van der Waals surface area contributed by atoms with Crippen molar-refractivity contribution < 1.29 is 34.7 Å². The molecule has 4 N–H and O–H groups in total.